The number of halogens is 6. The van der Waals surface area contributed by atoms with Gasteiger partial charge in [0.1, 0.15) is 0 Å². The zero-order valence-electron chi connectivity index (χ0n) is 9.21. The third kappa shape index (κ3) is 4.59. The van der Waals surface area contributed by atoms with E-state index in [0.29, 0.717) is 0 Å². The molecule has 0 aromatic rings. The molecule has 0 radical (unpaired) electrons. The minimum Gasteiger partial charge on any atom is -0.316 e. The molecule has 0 fully saturated rings. The van der Waals surface area contributed by atoms with Gasteiger partial charge >= 0.3 is 12.4 Å². The van der Waals surface area contributed by atoms with Gasteiger partial charge in [-0.05, 0) is 19.4 Å². The molecule has 98 valence electrons. The average Bonchev–Trinajstić information content (AvgIpc) is 1.96. The molecule has 0 rings (SSSR count). The first-order valence-corrected chi connectivity index (χ1v) is 4.80. The third-order valence-electron chi connectivity index (χ3n) is 2.20. The smallest absolute Gasteiger partial charge is 0.316 e. The van der Waals surface area contributed by atoms with E-state index in [4.69, 9.17) is 0 Å². The monoisotopic (exact) mass is 251 g/mol. The number of hydrogen-bond donors (Lipinski definition) is 1. The van der Waals surface area contributed by atoms with E-state index in [9.17, 15) is 26.3 Å². The Kier molecular flexibility index (Phi) is 5.10. The summed E-state index contributed by atoms with van der Waals surface area (Å²) in [7, 11) is 1.11. The van der Waals surface area contributed by atoms with Crippen LogP contribution in [0.3, 0.4) is 0 Å². The molecule has 0 saturated carbocycles. The molecule has 1 N–H and O–H groups in total. The fourth-order valence-electron chi connectivity index (χ4n) is 1.57. The molecule has 0 bridgehead atoms. The number of alkyl halides is 6. The van der Waals surface area contributed by atoms with Gasteiger partial charge in [0.05, 0.1) is 0 Å². The van der Waals surface area contributed by atoms with Gasteiger partial charge in [-0.3, -0.25) is 0 Å². The van der Waals surface area contributed by atoms with Gasteiger partial charge in [0.15, 0.2) is 5.92 Å². The third-order valence-corrected chi connectivity index (χ3v) is 2.20. The van der Waals surface area contributed by atoms with Gasteiger partial charge in [-0.25, -0.2) is 0 Å². The summed E-state index contributed by atoms with van der Waals surface area (Å²) in [6.07, 6.45) is -10.7. The lowest BCUT2D eigenvalue weighted by Gasteiger charge is -2.31. The molecular formula is C9H15F6N. The van der Waals surface area contributed by atoms with Gasteiger partial charge < -0.3 is 5.32 Å². The van der Waals surface area contributed by atoms with Gasteiger partial charge in [-0.1, -0.05) is 13.8 Å². The highest BCUT2D eigenvalue weighted by atomic mass is 19.4. The molecule has 1 unspecified atom stereocenters. The summed E-state index contributed by atoms with van der Waals surface area (Å²) in [5, 5.41) is 2.11. The van der Waals surface area contributed by atoms with Gasteiger partial charge in [0.25, 0.3) is 0 Å². The first kappa shape index (κ1) is 15.5. The van der Waals surface area contributed by atoms with E-state index in [1.54, 1.807) is 13.8 Å². The Balaban J connectivity index is 5.01. The van der Waals surface area contributed by atoms with Crippen molar-refractivity contribution in [3.63, 3.8) is 0 Å². The Bertz CT molecular complexity index is 193. The van der Waals surface area contributed by atoms with Crippen molar-refractivity contribution in [1.82, 2.24) is 5.32 Å². The molecular weight excluding hydrogens is 236 g/mol. The van der Waals surface area contributed by atoms with E-state index in [2.05, 4.69) is 5.32 Å². The van der Waals surface area contributed by atoms with E-state index >= 15 is 0 Å². The van der Waals surface area contributed by atoms with E-state index in [1.165, 1.54) is 0 Å². The minimum atomic E-state index is -5.28. The van der Waals surface area contributed by atoms with Crippen LogP contribution in [-0.4, -0.2) is 25.4 Å². The minimum absolute atomic E-state index is 0.180. The number of hydrogen-bond acceptors (Lipinski definition) is 1. The Morgan fingerprint density at radius 3 is 1.50 bits per heavy atom. The Hall–Kier alpha value is -0.460. The second-order valence-electron chi connectivity index (χ2n) is 4.09. The maximum Gasteiger partial charge on any atom is 0.401 e. The van der Waals surface area contributed by atoms with Crippen molar-refractivity contribution in [3.8, 4) is 0 Å². The first-order chi connectivity index (χ1) is 7.00. The van der Waals surface area contributed by atoms with E-state index < -0.39 is 24.3 Å². The average molecular weight is 251 g/mol. The van der Waals surface area contributed by atoms with Crippen molar-refractivity contribution in [2.75, 3.05) is 7.05 Å². The van der Waals surface area contributed by atoms with Crippen LogP contribution in [0.5, 0.6) is 0 Å². The lowest BCUT2D eigenvalue weighted by molar-refractivity contribution is -0.292. The van der Waals surface area contributed by atoms with Crippen molar-refractivity contribution < 1.29 is 26.3 Å². The predicted octanol–water partition coefficient (Wildman–Crippen LogP) is 3.36. The molecule has 0 saturated heterocycles. The summed E-state index contributed by atoms with van der Waals surface area (Å²) < 4.78 is 74.1. The van der Waals surface area contributed by atoms with E-state index in [-0.39, 0.29) is 12.3 Å². The molecule has 1 nitrogen and oxygen atoms in total. The standard InChI is InChI=1S/C9H15F6N/c1-5(2)4-6(16-3)7(8(10,11)12)9(13,14)15/h5-7,16H,4H2,1-3H3. The zero-order valence-corrected chi connectivity index (χ0v) is 9.21. The van der Waals surface area contributed by atoms with Gasteiger partial charge in [0, 0.05) is 6.04 Å². The fraction of sp³-hybridized carbons (Fsp3) is 1.00. The second kappa shape index (κ2) is 5.25. The largest absolute Gasteiger partial charge is 0.401 e. The molecule has 0 spiro atoms. The number of nitrogens with one attached hydrogen (secondary N) is 1. The molecule has 0 aliphatic carbocycles. The summed E-state index contributed by atoms with van der Waals surface area (Å²) in [6, 6.07) is -1.64. The lowest BCUT2D eigenvalue weighted by atomic mass is 9.91. The highest BCUT2D eigenvalue weighted by Crippen LogP contribution is 2.42. The molecule has 0 aliphatic rings. The Morgan fingerprint density at radius 2 is 1.31 bits per heavy atom. The van der Waals surface area contributed by atoms with Crippen LogP contribution in [0.2, 0.25) is 0 Å². The fourth-order valence-corrected chi connectivity index (χ4v) is 1.57. The van der Waals surface area contributed by atoms with Crippen molar-refractivity contribution in [1.29, 1.82) is 0 Å². The van der Waals surface area contributed by atoms with Gasteiger partial charge in [0.2, 0.25) is 0 Å². The van der Waals surface area contributed by atoms with Crippen LogP contribution in [0, 0.1) is 11.8 Å². The summed E-state index contributed by atoms with van der Waals surface area (Å²) in [5.74, 6) is -3.56. The molecule has 1 atom stereocenters. The Labute approximate surface area is 90.2 Å². The van der Waals surface area contributed by atoms with Crippen LogP contribution >= 0.6 is 0 Å². The maximum absolute atomic E-state index is 12.3. The zero-order chi connectivity index (χ0) is 13.1. The van der Waals surface area contributed by atoms with Crippen LogP contribution in [0.15, 0.2) is 0 Å². The molecule has 0 aromatic heterocycles. The van der Waals surface area contributed by atoms with Gasteiger partial charge in [-0.2, -0.15) is 26.3 Å². The summed E-state index contributed by atoms with van der Waals surface area (Å²) in [5.41, 5.74) is 0. The van der Waals surface area contributed by atoms with Crippen LogP contribution < -0.4 is 5.32 Å². The number of rotatable bonds is 4. The summed E-state index contributed by atoms with van der Waals surface area (Å²) in [4.78, 5) is 0. The Morgan fingerprint density at radius 1 is 0.938 bits per heavy atom. The first-order valence-electron chi connectivity index (χ1n) is 4.80. The molecule has 0 aliphatic heterocycles. The summed E-state index contributed by atoms with van der Waals surface area (Å²) >= 11 is 0. The van der Waals surface area contributed by atoms with Crippen molar-refractivity contribution in [2.45, 2.75) is 38.7 Å². The quantitative estimate of drug-likeness (QED) is 0.755. The molecule has 7 heteroatoms. The maximum atomic E-state index is 12.3. The second-order valence-corrected chi connectivity index (χ2v) is 4.09. The van der Waals surface area contributed by atoms with Gasteiger partial charge in [-0.15, -0.1) is 0 Å². The summed E-state index contributed by atoms with van der Waals surface area (Å²) in [6.45, 7) is 3.16. The van der Waals surface area contributed by atoms with Crippen LogP contribution in [-0.2, 0) is 0 Å². The SMILES string of the molecule is CNC(CC(C)C)C(C(F)(F)F)C(F)(F)F. The lowest BCUT2D eigenvalue weighted by Crippen LogP contribution is -2.50. The van der Waals surface area contributed by atoms with Crippen molar-refractivity contribution in [3.05, 3.63) is 0 Å². The predicted molar refractivity (Wildman–Crippen MR) is 47.9 cm³/mol. The van der Waals surface area contributed by atoms with E-state index in [1.807, 2.05) is 0 Å². The van der Waals surface area contributed by atoms with Crippen molar-refractivity contribution in [2.24, 2.45) is 11.8 Å². The highest BCUT2D eigenvalue weighted by molar-refractivity contribution is 4.86. The molecule has 16 heavy (non-hydrogen) atoms. The normalized spacial score (nSPS) is 15.9. The molecule has 0 aromatic carbocycles. The van der Waals surface area contributed by atoms with Crippen LogP contribution in [0.4, 0.5) is 26.3 Å². The van der Waals surface area contributed by atoms with Crippen LogP contribution in [0.1, 0.15) is 20.3 Å². The van der Waals surface area contributed by atoms with Crippen LogP contribution in [0.25, 0.3) is 0 Å². The molecule has 0 amide bonds. The topological polar surface area (TPSA) is 12.0 Å². The van der Waals surface area contributed by atoms with Crippen molar-refractivity contribution >= 4 is 0 Å². The highest BCUT2D eigenvalue weighted by Gasteiger charge is 2.59. The molecule has 0 heterocycles. The van der Waals surface area contributed by atoms with E-state index in [0.717, 1.165) is 7.05 Å².